The van der Waals surface area contributed by atoms with Crippen molar-refractivity contribution in [3.63, 3.8) is 0 Å². The molecule has 0 aromatic heterocycles. The highest BCUT2D eigenvalue weighted by atomic mass is 16.3. The molecular weight excluding hydrogens is 308 g/mol. The lowest BCUT2D eigenvalue weighted by Crippen LogP contribution is -2.19. The average molecular weight is 347 g/mol. The van der Waals surface area contributed by atoms with Crippen LogP contribution >= 0.6 is 0 Å². The molecule has 1 aromatic carbocycles. The van der Waals surface area contributed by atoms with Crippen molar-refractivity contribution >= 4 is 0 Å². The number of aliphatic hydroxyl groups excluding tert-OH is 1. The summed E-state index contributed by atoms with van der Waals surface area (Å²) in [7, 11) is 0. The predicted molar refractivity (Wildman–Crippen MR) is 106 cm³/mol. The fourth-order valence-electron chi connectivity index (χ4n) is 4.25. The Bertz CT molecular complexity index is 521. The molecule has 1 saturated carbocycles. The van der Waals surface area contributed by atoms with Gasteiger partial charge in [-0.3, -0.25) is 0 Å². The molecule has 142 valence electrons. The number of unbranched alkanes of at least 4 members (excludes halogenated alkanes) is 5. The van der Waals surface area contributed by atoms with Gasteiger partial charge in [-0.25, -0.2) is 0 Å². The van der Waals surface area contributed by atoms with Crippen LogP contribution < -0.4 is 0 Å². The minimum Gasteiger partial charge on any atom is -0.508 e. The van der Waals surface area contributed by atoms with Gasteiger partial charge in [-0.05, 0) is 54.2 Å². The van der Waals surface area contributed by atoms with Crippen molar-refractivity contribution in [2.24, 2.45) is 0 Å². The summed E-state index contributed by atoms with van der Waals surface area (Å²) in [6, 6.07) is 6.29. The number of phenolic OH excluding ortho intramolecular Hbond substituents is 1. The summed E-state index contributed by atoms with van der Waals surface area (Å²) >= 11 is 0. The lowest BCUT2D eigenvalue weighted by molar-refractivity contribution is 0.119. The van der Waals surface area contributed by atoms with Gasteiger partial charge in [-0.15, -0.1) is 0 Å². The largest absolute Gasteiger partial charge is 0.508 e. The van der Waals surface area contributed by atoms with E-state index in [9.17, 15) is 10.2 Å². The van der Waals surface area contributed by atoms with Crippen LogP contribution in [-0.4, -0.2) is 16.3 Å². The van der Waals surface area contributed by atoms with E-state index in [1.807, 2.05) is 6.07 Å². The molecule has 2 nitrogen and oxygen atoms in total. The zero-order chi connectivity index (χ0) is 18.3. The minimum absolute atomic E-state index is 0.104. The summed E-state index contributed by atoms with van der Waals surface area (Å²) < 4.78 is 0. The van der Waals surface area contributed by atoms with Gasteiger partial charge in [-0.1, -0.05) is 77.8 Å². The second kappa shape index (κ2) is 9.62. The van der Waals surface area contributed by atoms with Crippen LogP contribution in [0, 0.1) is 0 Å². The van der Waals surface area contributed by atoms with Crippen molar-refractivity contribution in [1.29, 1.82) is 0 Å². The molecule has 0 heterocycles. The fraction of sp³-hybridized carbons (Fsp3) is 0.739. The van der Waals surface area contributed by atoms with Gasteiger partial charge in [-0.2, -0.15) is 0 Å². The lowest BCUT2D eigenvalue weighted by atomic mass is 9.77. The minimum atomic E-state index is -0.207. The van der Waals surface area contributed by atoms with Crippen molar-refractivity contribution < 1.29 is 10.2 Å². The quantitative estimate of drug-likeness (QED) is 0.505. The molecule has 0 aliphatic heterocycles. The van der Waals surface area contributed by atoms with E-state index in [2.05, 4.69) is 32.9 Å². The van der Waals surface area contributed by atoms with Crippen LogP contribution in [0.25, 0.3) is 0 Å². The van der Waals surface area contributed by atoms with Gasteiger partial charge in [0.2, 0.25) is 0 Å². The van der Waals surface area contributed by atoms with E-state index in [-0.39, 0.29) is 11.5 Å². The SMILES string of the molecule is CCCCCCCCC(C)(C)c1ccc([C@H]2CCC[C@@H](O)C2)c(O)c1. The van der Waals surface area contributed by atoms with E-state index >= 15 is 0 Å². The van der Waals surface area contributed by atoms with Crippen LogP contribution in [0.15, 0.2) is 18.2 Å². The number of aromatic hydroxyl groups is 1. The summed E-state index contributed by atoms with van der Waals surface area (Å²) in [5, 5.41) is 20.5. The first-order valence-corrected chi connectivity index (χ1v) is 10.5. The molecule has 0 amide bonds. The molecule has 2 heteroatoms. The second-order valence-corrected chi connectivity index (χ2v) is 8.69. The topological polar surface area (TPSA) is 40.5 Å². The summed E-state index contributed by atoms with van der Waals surface area (Å²) in [5.41, 5.74) is 2.36. The summed E-state index contributed by atoms with van der Waals surface area (Å²) in [4.78, 5) is 0. The van der Waals surface area contributed by atoms with E-state index in [1.165, 1.54) is 50.5 Å². The van der Waals surface area contributed by atoms with Crippen LogP contribution in [0.5, 0.6) is 5.75 Å². The van der Waals surface area contributed by atoms with Gasteiger partial charge in [0.1, 0.15) is 5.75 Å². The normalized spacial score (nSPS) is 21.4. The Morgan fingerprint density at radius 2 is 1.76 bits per heavy atom. The Morgan fingerprint density at radius 1 is 1.04 bits per heavy atom. The van der Waals surface area contributed by atoms with E-state index in [0.717, 1.165) is 31.2 Å². The summed E-state index contributed by atoms with van der Waals surface area (Å²) in [5.74, 6) is 0.729. The van der Waals surface area contributed by atoms with E-state index in [1.54, 1.807) is 0 Å². The molecule has 0 bridgehead atoms. The third kappa shape index (κ3) is 6.02. The van der Waals surface area contributed by atoms with Gasteiger partial charge in [0.05, 0.1) is 6.10 Å². The molecule has 1 aliphatic carbocycles. The van der Waals surface area contributed by atoms with Gasteiger partial charge >= 0.3 is 0 Å². The standard InChI is InChI=1S/C23H38O2/c1-4-5-6-7-8-9-15-23(2,3)19-13-14-21(22(25)17-19)18-11-10-12-20(24)16-18/h13-14,17-18,20,24-25H,4-12,15-16H2,1-3H3/t18-,20+/m0/s1. The lowest BCUT2D eigenvalue weighted by Gasteiger charge is -2.29. The van der Waals surface area contributed by atoms with Crippen molar-refractivity contribution in [3.05, 3.63) is 29.3 Å². The maximum absolute atomic E-state index is 10.6. The maximum Gasteiger partial charge on any atom is 0.119 e. The van der Waals surface area contributed by atoms with Crippen molar-refractivity contribution in [1.82, 2.24) is 0 Å². The van der Waals surface area contributed by atoms with Gasteiger partial charge < -0.3 is 10.2 Å². The third-order valence-electron chi connectivity index (χ3n) is 6.05. The highest BCUT2D eigenvalue weighted by Crippen LogP contribution is 2.40. The first-order chi connectivity index (χ1) is 11.9. The monoisotopic (exact) mass is 346 g/mol. The predicted octanol–water partition coefficient (Wildman–Crippen LogP) is 6.44. The Morgan fingerprint density at radius 3 is 2.44 bits per heavy atom. The van der Waals surface area contributed by atoms with Crippen LogP contribution in [-0.2, 0) is 5.41 Å². The first-order valence-electron chi connectivity index (χ1n) is 10.5. The number of phenols is 1. The van der Waals surface area contributed by atoms with Crippen LogP contribution in [0.4, 0.5) is 0 Å². The van der Waals surface area contributed by atoms with Crippen molar-refractivity contribution in [3.8, 4) is 5.75 Å². The molecule has 1 aromatic rings. The van der Waals surface area contributed by atoms with Gasteiger partial charge in [0, 0.05) is 0 Å². The van der Waals surface area contributed by atoms with E-state index in [4.69, 9.17) is 0 Å². The van der Waals surface area contributed by atoms with E-state index < -0.39 is 0 Å². The molecule has 2 N–H and O–H groups in total. The molecule has 1 fully saturated rings. The second-order valence-electron chi connectivity index (χ2n) is 8.69. The zero-order valence-electron chi connectivity index (χ0n) is 16.6. The molecule has 1 aliphatic rings. The Hall–Kier alpha value is -1.02. The molecule has 0 saturated heterocycles. The molecular formula is C23H38O2. The van der Waals surface area contributed by atoms with Crippen molar-refractivity contribution in [2.45, 2.75) is 109 Å². The maximum atomic E-state index is 10.6. The fourth-order valence-corrected chi connectivity index (χ4v) is 4.25. The molecule has 0 spiro atoms. The summed E-state index contributed by atoms with van der Waals surface area (Å²) in [6.45, 7) is 6.84. The number of hydrogen-bond acceptors (Lipinski definition) is 2. The van der Waals surface area contributed by atoms with Crippen LogP contribution in [0.3, 0.4) is 0 Å². The smallest absolute Gasteiger partial charge is 0.119 e. The number of aliphatic hydroxyl groups is 1. The number of hydrogen-bond donors (Lipinski definition) is 2. The molecule has 0 radical (unpaired) electrons. The highest BCUT2D eigenvalue weighted by molar-refractivity contribution is 5.41. The zero-order valence-corrected chi connectivity index (χ0v) is 16.6. The van der Waals surface area contributed by atoms with Crippen LogP contribution in [0.2, 0.25) is 0 Å². The molecule has 2 rings (SSSR count). The first kappa shape index (κ1) is 20.3. The molecule has 25 heavy (non-hydrogen) atoms. The third-order valence-corrected chi connectivity index (χ3v) is 6.05. The Labute approximate surface area is 154 Å². The van der Waals surface area contributed by atoms with Gasteiger partial charge in [0.15, 0.2) is 0 Å². The van der Waals surface area contributed by atoms with Crippen LogP contribution in [0.1, 0.15) is 108 Å². The Balaban J connectivity index is 1.93. The Kier molecular flexibility index (Phi) is 7.81. The molecule has 2 atom stereocenters. The molecule has 0 unspecified atom stereocenters. The summed E-state index contributed by atoms with van der Waals surface area (Å²) in [6.07, 6.45) is 12.7. The van der Waals surface area contributed by atoms with Crippen molar-refractivity contribution in [2.75, 3.05) is 0 Å². The average Bonchev–Trinajstić information content (AvgIpc) is 2.58. The van der Waals surface area contributed by atoms with E-state index in [0.29, 0.717) is 11.7 Å². The number of benzene rings is 1. The number of rotatable bonds is 9. The van der Waals surface area contributed by atoms with Gasteiger partial charge in [0.25, 0.3) is 0 Å². The highest BCUT2D eigenvalue weighted by Gasteiger charge is 2.26.